The van der Waals surface area contributed by atoms with Crippen LogP contribution < -0.4 is 0 Å². The zero-order chi connectivity index (χ0) is 10.8. The second-order valence-electron chi connectivity index (χ2n) is 3.89. The van der Waals surface area contributed by atoms with Gasteiger partial charge in [0.2, 0.25) is 0 Å². The van der Waals surface area contributed by atoms with Gasteiger partial charge in [-0.3, -0.25) is 4.79 Å². The van der Waals surface area contributed by atoms with Gasteiger partial charge in [0, 0.05) is 12.5 Å². The molecule has 1 fully saturated rings. The van der Waals surface area contributed by atoms with Gasteiger partial charge in [-0.05, 0) is 32.8 Å². The van der Waals surface area contributed by atoms with E-state index in [1.807, 2.05) is 19.9 Å². The first-order valence-corrected chi connectivity index (χ1v) is 5.42. The Bertz CT molecular complexity index is 355. The zero-order valence-corrected chi connectivity index (χ0v) is 9.14. The fraction of sp³-hybridized carbons (Fsp3) is 0.636. The molecule has 0 aromatic carbocycles. The first-order valence-electron chi connectivity index (χ1n) is 5.42. The fourth-order valence-corrected chi connectivity index (χ4v) is 1.70. The number of nitrogens with zero attached hydrogens (tertiary/aromatic N) is 2. The third-order valence-corrected chi connectivity index (χ3v) is 2.65. The molecule has 15 heavy (non-hydrogen) atoms. The lowest BCUT2D eigenvalue weighted by Crippen LogP contribution is -2.13. The third-order valence-electron chi connectivity index (χ3n) is 2.65. The molecule has 0 aliphatic heterocycles. The van der Waals surface area contributed by atoms with E-state index in [0.717, 1.165) is 12.0 Å². The molecule has 4 heteroatoms. The van der Waals surface area contributed by atoms with Crippen molar-refractivity contribution < 1.29 is 9.53 Å². The van der Waals surface area contributed by atoms with E-state index >= 15 is 0 Å². The average Bonchev–Trinajstić information content (AvgIpc) is 2.98. The predicted octanol–water partition coefficient (Wildman–Crippen LogP) is 2.13. The van der Waals surface area contributed by atoms with Crippen molar-refractivity contribution in [3.05, 3.63) is 17.5 Å². The van der Waals surface area contributed by atoms with Crippen molar-refractivity contribution in [1.29, 1.82) is 0 Å². The highest BCUT2D eigenvalue weighted by atomic mass is 16.5. The lowest BCUT2D eigenvalue weighted by Gasteiger charge is -2.13. The number of aldehydes is 1. The van der Waals surface area contributed by atoms with Crippen LogP contribution in [0.15, 0.2) is 6.07 Å². The summed E-state index contributed by atoms with van der Waals surface area (Å²) in [6.07, 6.45) is 3.06. The van der Waals surface area contributed by atoms with Crippen molar-refractivity contribution in [2.45, 2.75) is 38.8 Å². The van der Waals surface area contributed by atoms with Crippen molar-refractivity contribution in [1.82, 2.24) is 9.78 Å². The summed E-state index contributed by atoms with van der Waals surface area (Å²) in [5.41, 5.74) is 1.64. The Kier molecular flexibility index (Phi) is 2.86. The van der Waals surface area contributed by atoms with Crippen LogP contribution in [0.1, 0.15) is 55.0 Å². The lowest BCUT2D eigenvalue weighted by molar-refractivity contribution is 0.0143. The molecule has 1 atom stereocenters. The minimum absolute atomic E-state index is 0.164. The number of ether oxygens (including phenoxy) is 1. The molecule has 1 heterocycles. The van der Waals surface area contributed by atoms with Crippen molar-refractivity contribution in [3.63, 3.8) is 0 Å². The summed E-state index contributed by atoms with van der Waals surface area (Å²) in [4.78, 5) is 10.9. The first kappa shape index (κ1) is 10.4. The van der Waals surface area contributed by atoms with Crippen LogP contribution in [0.3, 0.4) is 0 Å². The summed E-state index contributed by atoms with van der Waals surface area (Å²) in [7, 11) is 0. The van der Waals surface area contributed by atoms with E-state index in [-0.39, 0.29) is 6.23 Å². The molecular weight excluding hydrogens is 192 g/mol. The monoisotopic (exact) mass is 208 g/mol. The molecule has 0 bridgehead atoms. The SMILES string of the molecule is CCOC(C)n1nc(C2CC2)cc1C=O. The van der Waals surface area contributed by atoms with E-state index in [2.05, 4.69) is 5.10 Å². The average molecular weight is 208 g/mol. The predicted molar refractivity (Wildman–Crippen MR) is 55.9 cm³/mol. The first-order chi connectivity index (χ1) is 7.26. The Morgan fingerprint density at radius 2 is 2.47 bits per heavy atom. The maximum absolute atomic E-state index is 10.9. The smallest absolute Gasteiger partial charge is 0.168 e. The Morgan fingerprint density at radius 3 is 3.00 bits per heavy atom. The Balaban J connectivity index is 2.23. The summed E-state index contributed by atoms with van der Waals surface area (Å²) >= 11 is 0. The minimum Gasteiger partial charge on any atom is -0.357 e. The van der Waals surface area contributed by atoms with Crippen LogP contribution >= 0.6 is 0 Å². The summed E-state index contributed by atoms with van der Waals surface area (Å²) < 4.78 is 7.10. The summed E-state index contributed by atoms with van der Waals surface area (Å²) in [6, 6.07) is 1.88. The topological polar surface area (TPSA) is 44.1 Å². The summed E-state index contributed by atoms with van der Waals surface area (Å²) in [6.45, 7) is 4.46. The van der Waals surface area contributed by atoms with E-state index < -0.39 is 0 Å². The molecule has 4 nitrogen and oxygen atoms in total. The quantitative estimate of drug-likeness (QED) is 0.696. The van der Waals surface area contributed by atoms with Gasteiger partial charge in [-0.2, -0.15) is 5.10 Å². The molecular formula is C11H16N2O2. The van der Waals surface area contributed by atoms with Gasteiger partial charge in [-0.1, -0.05) is 0 Å². The molecule has 1 saturated carbocycles. The standard InChI is InChI=1S/C11H16N2O2/c1-3-15-8(2)13-10(7-14)6-11(12-13)9-4-5-9/h6-9H,3-5H2,1-2H3. The Labute approximate surface area is 89.2 Å². The highest BCUT2D eigenvalue weighted by Crippen LogP contribution is 2.39. The molecule has 0 amide bonds. The van der Waals surface area contributed by atoms with Gasteiger partial charge in [-0.15, -0.1) is 0 Å². The second kappa shape index (κ2) is 4.14. The maximum Gasteiger partial charge on any atom is 0.168 e. The van der Waals surface area contributed by atoms with E-state index in [1.165, 1.54) is 12.8 Å². The molecule has 0 radical (unpaired) electrons. The second-order valence-corrected chi connectivity index (χ2v) is 3.89. The number of rotatable bonds is 5. The largest absolute Gasteiger partial charge is 0.357 e. The molecule has 1 unspecified atom stereocenters. The van der Waals surface area contributed by atoms with Crippen molar-refractivity contribution in [2.24, 2.45) is 0 Å². The van der Waals surface area contributed by atoms with Crippen LogP contribution in [0, 0.1) is 0 Å². The van der Waals surface area contributed by atoms with Crippen LogP contribution in [0.4, 0.5) is 0 Å². The molecule has 1 aliphatic carbocycles. The zero-order valence-electron chi connectivity index (χ0n) is 9.14. The minimum atomic E-state index is -0.164. The van der Waals surface area contributed by atoms with Gasteiger partial charge < -0.3 is 4.74 Å². The normalized spacial score (nSPS) is 17.7. The van der Waals surface area contributed by atoms with Gasteiger partial charge in [0.1, 0.15) is 11.9 Å². The Hall–Kier alpha value is -1.16. The molecule has 0 N–H and O–H groups in total. The van der Waals surface area contributed by atoms with Crippen molar-refractivity contribution in [3.8, 4) is 0 Å². The van der Waals surface area contributed by atoms with Crippen LogP contribution in [0.25, 0.3) is 0 Å². The highest BCUT2D eigenvalue weighted by Gasteiger charge is 2.27. The van der Waals surface area contributed by atoms with Crippen LogP contribution in [-0.2, 0) is 4.74 Å². The molecule has 0 saturated heterocycles. The number of hydrogen-bond acceptors (Lipinski definition) is 3. The molecule has 1 aromatic rings. The van der Waals surface area contributed by atoms with Gasteiger partial charge >= 0.3 is 0 Å². The third kappa shape index (κ3) is 2.09. The lowest BCUT2D eigenvalue weighted by atomic mass is 10.3. The van der Waals surface area contributed by atoms with E-state index in [1.54, 1.807) is 4.68 Å². The van der Waals surface area contributed by atoms with Gasteiger partial charge in [0.05, 0.1) is 5.69 Å². The molecule has 82 valence electrons. The fourth-order valence-electron chi connectivity index (χ4n) is 1.70. The van der Waals surface area contributed by atoms with Gasteiger partial charge in [-0.25, -0.2) is 4.68 Å². The van der Waals surface area contributed by atoms with E-state index in [0.29, 0.717) is 18.2 Å². The van der Waals surface area contributed by atoms with Gasteiger partial charge in [0.25, 0.3) is 0 Å². The van der Waals surface area contributed by atoms with Crippen LogP contribution in [0.5, 0.6) is 0 Å². The molecule has 1 aromatic heterocycles. The summed E-state index contributed by atoms with van der Waals surface area (Å²) in [5.74, 6) is 0.568. The molecule has 0 spiro atoms. The van der Waals surface area contributed by atoms with Crippen LogP contribution in [0.2, 0.25) is 0 Å². The van der Waals surface area contributed by atoms with Crippen molar-refractivity contribution in [2.75, 3.05) is 6.61 Å². The van der Waals surface area contributed by atoms with Crippen LogP contribution in [-0.4, -0.2) is 22.7 Å². The summed E-state index contributed by atoms with van der Waals surface area (Å²) in [5, 5.41) is 4.42. The molecule has 2 rings (SSSR count). The van der Waals surface area contributed by atoms with E-state index in [9.17, 15) is 4.79 Å². The number of carbonyl (C=O) groups is 1. The maximum atomic E-state index is 10.9. The number of carbonyl (C=O) groups excluding carboxylic acids is 1. The van der Waals surface area contributed by atoms with Gasteiger partial charge in [0.15, 0.2) is 6.29 Å². The van der Waals surface area contributed by atoms with Crippen molar-refractivity contribution >= 4 is 6.29 Å². The highest BCUT2D eigenvalue weighted by molar-refractivity contribution is 5.72. The number of aromatic nitrogens is 2. The molecule has 1 aliphatic rings. The number of hydrogen-bond donors (Lipinski definition) is 0. The van der Waals surface area contributed by atoms with E-state index in [4.69, 9.17) is 4.74 Å². The Morgan fingerprint density at radius 1 is 1.73 bits per heavy atom.